The SMILES string of the molecule is COC1NC(=C2CCC=CC2=O)NC(c2ccc3c(c2)CC2C=CCCC2=C3)N1. The van der Waals surface area contributed by atoms with Gasteiger partial charge in [0.15, 0.2) is 12.1 Å². The average molecular weight is 389 g/mol. The van der Waals surface area contributed by atoms with E-state index in [1.165, 1.54) is 17.5 Å². The summed E-state index contributed by atoms with van der Waals surface area (Å²) in [7, 11) is 1.66. The summed E-state index contributed by atoms with van der Waals surface area (Å²) in [5.74, 6) is 1.37. The van der Waals surface area contributed by atoms with Gasteiger partial charge in [-0.05, 0) is 54.9 Å². The van der Waals surface area contributed by atoms with Crippen molar-refractivity contribution in [2.24, 2.45) is 5.92 Å². The molecule has 5 heteroatoms. The first-order chi connectivity index (χ1) is 14.2. The van der Waals surface area contributed by atoms with Gasteiger partial charge in [0.05, 0.1) is 0 Å². The first-order valence-electron chi connectivity index (χ1n) is 10.5. The summed E-state index contributed by atoms with van der Waals surface area (Å²) in [5.41, 5.74) is 6.21. The number of hydrogen-bond acceptors (Lipinski definition) is 5. The number of methoxy groups -OCH3 is 1. The summed E-state index contributed by atoms with van der Waals surface area (Å²) in [5, 5.41) is 10.2. The Hall–Kier alpha value is -2.63. The molecule has 0 radical (unpaired) electrons. The maximum atomic E-state index is 12.4. The van der Waals surface area contributed by atoms with Crippen LogP contribution in [0.4, 0.5) is 0 Å². The Bertz CT molecular complexity index is 957. The van der Waals surface area contributed by atoms with E-state index in [1.807, 2.05) is 6.08 Å². The van der Waals surface area contributed by atoms with E-state index in [-0.39, 0.29) is 18.3 Å². The highest BCUT2D eigenvalue weighted by Gasteiger charge is 2.29. The lowest BCUT2D eigenvalue weighted by molar-refractivity contribution is -0.111. The molecule has 4 aliphatic rings. The van der Waals surface area contributed by atoms with Crippen LogP contribution in [0.2, 0.25) is 0 Å². The Labute approximate surface area is 171 Å². The highest BCUT2D eigenvalue weighted by Crippen LogP contribution is 2.36. The van der Waals surface area contributed by atoms with Crippen LogP contribution in [0.1, 0.15) is 48.5 Å². The van der Waals surface area contributed by atoms with Gasteiger partial charge in [0, 0.05) is 18.6 Å². The Morgan fingerprint density at radius 2 is 2.00 bits per heavy atom. The Morgan fingerprint density at radius 3 is 2.86 bits per heavy atom. The molecule has 150 valence electrons. The van der Waals surface area contributed by atoms with Crippen LogP contribution in [-0.2, 0) is 16.0 Å². The minimum Gasteiger partial charge on any atom is -0.352 e. The van der Waals surface area contributed by atoms with Gasteiger partial charge in [-0.3, -0.25) is 10.1 Å². The third-order valence-corrected chi connectivity index (χ3v) is 6.27. The molecule has 1 saturated heterocycles. The molecule has 1 fully saturated rings. The summed E-state index contributed by atoms with van der Waals surface area (Å²) in [6, 6.07) is 6.68. The van der Waals surface area contributed by atoms with Gasteiger partial charge in [-0.15, -0.1) is 0 Å². The quantitative estimate of drug-likeness (QED) is 0.534. The van der Waals surface area contributed by atoms with E-state index in [0.29, 0.717) is 5.92 Å². The molecular formula is C24H27N3O2. The zero-order chi connectivity index (χ0) is 19.8. The van der Waals surface area contributed by atoms with E-state index < -0.39 is 0 Å². The van der Waals surface area contributed by atoms with E-state index in [1.54, 1.807) is 18.8 Å². The molecule has 3 atom stereocenters. The van der Waals surface area contributed by atoms with Gasteiger partial charge in [0.25, 0.3) is 0 Å². The van der Waals surface area contributed by atoms with Crippen LogP contribution in [0.15, 0.2) is 59.5 Å². The molecular weight excluding hydrogens is 362 g/mol. The fourth-order valence-electron chi connectivity index (χ4n) is 4.68. The Kier molecular flexibility index (Phi) is 4.86. The number of ether oxygens (including phenoxy) is 1. The standard InChI is InChI=1S/C24H27N3O2/c1-29-24-26-22(25-23(27-24)20-8-4-5-9-21(20)28)18-11-10-17-12-15-6-2-3-7-16(15)13-19(17)14-18/h3,5,7,9-12,14,16,22,24-27H,2,4,6,8,13H2,1H3. The van der Waals surface area contributed by atoms with Crippen molar-refractivity contribution >= 4 is 11.9 Å². The monoisotopic (exact) mass is 389 g/mol. The van der Waals surface area contributed by atoms with Crippen molar-refractivity contribution in [2.75, 3.05) is 7.11 Å². The average Bonchev–Trinajstić information content (AvgIpc) is 2.77. The summed E-state index contributed by atoms with van der Waals surface area (Å²) >= 11 is 0. The lowest BCUT2D eigenvalue weighted by atomic mass is 9.78. The molecule has 3 N–H and O–H groups in total. The second kappa shape index (κ2) is 7.65. The van der Waals surface area contributed by atoms with E-state index in [4.69, 9.17) is 4.74 Å². The number of nitrogens with one attached hydrogen (secondary N) is 3. The zero-order valence-corrected chi connectivity index (χ0v) is 16.7. The molecule has 5 nitrogen and oxygen atoms in total. The molecule has 5 rings (SSSR count). The predicted octanol–water partition coefficient (Wildman–Crippen LogP) is 3.43. The fourth-order valence-corrected chi connectivity index (χ4v) is 4.68. The van der Waals surface area contributed by atoms with E-state index in [2.05, 4.69) is 52.4 Å². The number of benzene rings is 1. The van der Waals surface area contributed by atoms with Crippen LogP contribution in [-0.4, -0.2) is 19.2 Å². The molecule has 0 spiro atoms. The number of hydrogen-bond donors (Lipinski definition) is 3. The number of allylic oxidation sites excluding steroid dienone is 6. The van der Waals surface area contributed by atoms with Gasteiger partial charge in [0.2, 0.25) is 0 Å². The van der Waals surface area contributed by atoms with E-state index in [0.717, 1.165) is 42.6 Å². The number of carbonyl (C=O) groups is 1. The summed E-state index contributed by atoms with van der Waals surface area (Å²) in [6.45, 7) is 0. The smallest absolute Gasteiger partial charge is 0.186 e. The molecule has 3 unspecified atom stereocenters. The number of ketones is 1. The van der Waals surface area contributed by atoms with Gasteiger partial charge in [-0.2, -0.15) is 0 Å². The van der Waals surface area contributed by atoms with Crippen molar-refractivity contribution < 1.29 is 9.53 Å². The molecule has 0 saturated carbocycles. The van der Waals surface area contributed by atoms with Gasteiger partial charge in [-0.25, -0.2) is 0 Å². The van der Waals surface area contributed by atoms with Crippen LogP contribution in [0, 0.1) is 5.92 Å². The first kappa shape index (κ1) is 18.4. The highest BCUT2D eigenvalue weighted by atomic mass is 16.5. The topological polar surface area (TPSA) is 62.4 Å². The Morgan fingerprint density at radius 1 is 1.10 bits per heavy atom. The lowest BCUT2D eigenvalue weighted by Crippen LogP contribution is -2.57. The van der Waals surface area contributed by atoms with E-state index >= 15 is 0 Å². The van der Waals surface area contributed by atoms with Gasteiger partial charge in [0.1, 0.15) is 12.0 Å². The van der Waals surface area contributed by atoms with Crippen LogP contribution in [0.5, 0.6) is 0 Å². The van der Waals surface area contributed by atoms with Crippen molar-refractivity contribution in [3.05, 3.63) is 76.2 Å². The van der Waals surface area contributed by atoms with Crippen molar-refractivity contribution in [1.29, 1.82) is 0 Å². The van der Waals surface area contributed by atoms with Crippen molar-refractivity contribution in [2.45, 2.75) is 44.6 Å². The van der Waals surface area contributed by atoms with Crippen molar-refractivity contribution in [3.8, 4) is 0 Å². The fraction of sp³-hybridized carbons (Fsp3) is 0.375. The summed E-state index contributed by atoms with van der Waals surface area (Å²) in [6.07, 6.45) is 15.2. The third kappa shape index (κ3) is 3.56. The van der Waals surface area contributed by atoms with Crippen LogP contribution in [0.25, 0.3) is 6.08 Å². The lowest BCUT2D eigenvalue weighted by Gasteiger charge is -2.37. The number of carbonyl (C=O) groups excluding carboxylic acids is 1. The van der Waals surface area contributed by atoms with Crippen LogP contribution in [0.3, 0.4) is 0 Å². The normalized spacial score (nSPS) is 30.7. The molecule has 0 amide bonds. The third-order valence-electron chi connectivity index (χ3n) is 6.27. The maximum absolute atomic E-state index is 12.4. The molecule has 1 heterocycles. The van der Waals surface area contributed by atoms with Crippen molar-refractivity contribution in [3.63, 3.8) is 0 Å². The maximum Gasteiger partial charge on any atom is 0.186 e. The van der Waals surface area contributed by atoms with E-state index in [9.17, 15) is 4.79 Å². The molecule has 1 aromatic carbocycles. The van der Waals surface area contributed by atoms with Gasteiger partial charge < -0.3 is 15.4 Å². The van der Waals surface area contributed by atoms with Gasteiger partial charge >= 0.3 is 0 Å². The minimum absolute atomic E-state index is 0.0638. The molecule has 1 aromatic rings. The summed E-state index contributed by atoms with van der Waals surface area (Å²) in [4.78, 5) is 12.4. The number of rotatable bonds is 2. The van der Waals surface area contributed by atoms with Crippen LogP contribution >= 0.6 is 0 Å². The molecule has 3 aliphatic carbocycles. The predicted molar refractivity (Wildman–Crippen MR) is 113 cm³/mol. The first-order valence-corrected chi connectivity index (χ1v) is 10.5. The minimum atomic E-state index is -0.355. The van der Waals surface area contributed by atoms with Crippen LogP contribution < -0.4 is 16.0 Å². The second-order valence-electron chi connectivity index (χ2n) is 8.12. The highest BCUT2D eigenvalue weighted by molar-refractivity contribution is 6.05. The second-order valence-corrected chi connectivity index (χ2v) is 8.12. The number of fused-ring (bicyclic) bond motifs is 2. The molecule has 29 heavy (non-hydrogen) atoms. The molecule has 0 aromatic heterocycles. The summed E-state index contributed by atoms with van der Waals surface area (Å²) < 4.78 is 5.54. The largest absolute Gasteiger partial charge is 0.352 e. The van der Waals surface area contributed by atoms with Gasteiger partial charge in [-0.1, -0.05) is 48.1 Å². The zero-order valence-electron chi connectivity index (χ0n) is 16.7. The van der Waals surface area contributed by atoms with Crippen molar-refractivity contribution in [1.82, 2.24) is 16.0 Å². The molecule has 0 bridgehead atoms. The molecule has 1 aliphatic heterocycles. The Balaban J connectivity index is 1.45.